The van der Waals surface area contributed by atoms with Crippen molar-refractivity contribution < 1.29 is 32.3 Å². The third kappa shape index (κ3) is 6.87. The topological polar surface area (TPSA) is 148 Å². The molecule has 3 N–H and O–H groups in total. The number of hydrogen-bond donors (Lipinski definition) is 3. The molecule has 0 radical (unpaired) electrons. The normalized spacial score (nSPS) is 15.2. The van der Waals surface area contributed by atoms with Gasteiger partial charge in [-0.2, -0.15) is 0 Å². The Balaban J connectivity index is 2.14. The lowest BCUT2D eigenvalue weighted by Crippen LogP contribution is -2.41. The smallest absolute Gasteiger partial charge is 0.314 e. The van der Waals surface area contributed by atoms with Gasteiger partial charge < -0.3 is 15.4 Å². The number of carbonyl (C=O) groups excluding carboxylic acids is 4. The summed E-state index contributed by atoms with van der Waals surface area (Å²) in [6, 6.07) is -0.603. The second-order valence-corrected chi connectivity index (χ2v) is 6.55. The average Bonchev–Trinajstić information content (AvgIpc) is 2.83. The third-order valence-electron chi connectivity index (χ3n) is 3.00. The van der Waals surface area contributed by atoms with Gasteiger partial charge in [0.1, 0.15) is 0 Å². The van der Waals surface area contributed by atoms with Gasteiger partial charge in [0.25, 0.3) is 0 Å². The fraction of sp³-hybridized carbons (Fsp3) is 0.538. The summed E-state index contributed by atoms with van der Waals surface area (Å²) in [4.78, 5) is 45.5. The largest absolute Gasteiger partial charge is 0.446 e. The van der Waals surface area contributed by atoms with Crippen molar-refractivity contribution in [2.24, 2.45) is 0 Å². The molecule has 1 rings (SSSR count). The van der Waals surface area contributed by atoms with Crippen LogP contribution in [0.3, 0.4) is 0 Å². The average molecular weight is 361 g/mol. The standard InChI is InChI=1S/C13H19N3O7S/c1-2-24(21,22)16-8-7-15-13(20)14-6-5-11(19)23-12-9(17)3-4-10(12)18/h2,12,16H,1,3-8H2,(H2,14,15,20). The highest BCUT2D eigenvalue weighted by atomic mass is 32.2. The molecule has 1 aliphatic rings. The van der Waals surface area contributed by atoms with E-state index in [4.69, 9.17) is 4.74 Å². The summed E-state index contributed by atoms with van der Waals surface area (Å²) in [6.45, 7) is 3.07. The SMILES string of the molecule is C=CS(=O)(=O)NCCNC(=O)NCCC(=O)OC1C(=O)CCC1=O. The van der Waals surface area contributed by atoms with Gasteiger partial charge >= 0.3 is 12.0 Å². The first kappa shape index (κ1) is 19.8. The maximum atomic E-state index is 11.5. The first-order valence-corrected chi connectivity index (χ1v) is 8.68. The number of ether oxygens (including phenoxy) is 1. The van der Waals surface area contributed by atoms with Crippen molar-refractivity contribution >= 4 is 33.6 Å². The zero-order valence-electron chi connectivity index (χ0n) is 12.9. The fourth-order valence-corrected chi connectivity index (χ4v) is 2.28. The maximum absolute atomic E-state index is 11.5. The van der Waals surface area contributed by atoms with E-state index in [-0.39, 0.29) is 38.9 Å². The van der Waals surface area contributed by atoms with Crippen LogP contribution in [0.25, 0.3) is 0 Å². The Bertz CT molecular complexity index is 613. The number of esters is 1. The Morgan fingerprint density at radius 3 is 2.29 bits per heavy atom. The van der Waals surface area contributed by atoms with E-state index in [1.54, 1.807) is 0 Å². The van der Waals surface area contributed by atoms with Crippen LogP contribution >= 0.6 is 0 Å². The first-order chi connectivity index (χ1) is 11.2. The highest BCUT2D eigenvalue weighted by molar-refractivity contribution is 7.92. The van der Waals surface area contributed by atoms with Crippen LogP contribution < -0.4 is 15.4 Å². The molecule has 1 saturated carbocycles. The van der Waals surface area contributed by atoms with Gasteiger partial charge in [-0.3, -0.25) is 14.4 Å². The molecule has 10 nitrogen and oxygen atoms in total. The Kier molecular flexibility index (Phi) is 7.52. The number of ketones is 2. The van der Waals surface area contributed by atoms with Crippen LogP contribution in [0, 0.1) is 0 Å². The minimum atomic E-state index is -3.54. The summed E-state index contributed by atoms with van der Waals surface area (Å²) in [5, 5.41) is 5.47. The molecule has 11 heteroatoms. The molecular formula is C13H19N3O7S. The summed E-state index contributed by atoms with van der Waals surface area (Å²) >= 11 is 0. The van der Waals surface area contributed by atoms with Gasteiger partial charge in [0.2, 0.25) is 16.1 Å². The highest BCUT2D eigenvalue weighted by Gasteiger charge is 2.35. The third-order valence-corrected chi connectivity index (χ3v) is 4.05. The van der Waals surface area contributed by atoms with E-state index in [1.807, 2.05) is 0 Å². The van der Waals surface area contributed by atoms with E-state index in [9.17, 15) is 27.6 Å². The second kappa shape index (κ2) is 9.13. The second-order valence-electron chi connectivity index (χ2n) is 4.84. The van der Waals surface area contributed by atoms with Crippen LogP contribution in [0.1, 0.15) is 19.3 Å². The molecule has 0 saturated heterocycles. The van der Waals surface area contributed by atoms with E-state index in [0.29, 0.717) is 0 Å². The lowest BCUT2D eigenvalue weighted by Gasteiger charge is -2.10. The number of amides is 2. The molecule has 0 spiro atoms. The fourth-order valence-electron chi connectivity index (χ4n) is 1.78. The molecule has 0 aromatic carbocycles. The maximum Gasteiger partial charge on any atom is 0.314 e. The predicted octanol–water partition coefficient (Wildman–Crippen LogP) is -1.42. The molecule has 1 fully saturated rings. The summed E-state index contributed by atoms with van der Waals surface area (Å²) in [6.07, 6.45) is -1.36. The van der Waals surface area contributed by atoms with E-state index in [0.717, 1.165) is 5.41 Å². The van der Waals surface area contributed by atoms with Crippen molar-refractivity contribution in [1.29, 1.82) is 0 Å². The van der Waals surface area contributed by atoms with Gasteiger partial charge in [-0.05, 0) is 0 Å². The number of urea groups is 1. The quantitative estimate of drug-likeness (QED) is 0.259. The van der Waals surface area contributed by atoms with Crippen LogP contribution in [0.2, 0.25) is 0 Å². The van der Waals surface area contributed by atoms with Crippen LogP contribution in [0.5, 0.6) is 0 Å². The van der Waals surface area contributed by atoms with E-state index >= 15 is 0 Å². The zero-order valence-corrected chi connectivity index (χ0v) is 13.7. The molecule has 2 amide bonds. The van der Waals surface area contributed by atoms with Crippen molar-refractivity contribution in [2.45, 2.75) is 25.4 Å². The van der Waals surface area contributed by atoms with E-state index in [2.05, 4.69) is 21.9 Å². The van der Waals surface area contributed by atoms with Crippen LogP contribution in [-0.2, 0) is 29.1 Å². The summed E-state index contributed by atoms with van der Waals surface area (Å²) in [5.74, 6) is -1.59. The van der Waals surface area contributed by atoms with Gasteiger partial charge in [-0.25, -0.2) is 17.9 Å². The molecule has 0 aromatic heterocycles. The van der Waals surface area contributed by atoms with Crippen molar-refractivity contribution in [3.63, 3.8) is 0 Å². The molecular weight excluding hydrogens is 342 g/mol. The molecule has 134 valence electrons. The Morgan fingerprint density at radius 2 is 1.71 bits per heavy atom. The number of sulfonamides is 1. The van der Waals surface area contributed by atoms with Gasteiger partial charge in [-0.15, -0.1) is 0 Å². The van der Waals surface area contributed by atoms with Crippen LogP contribution in [-0.4, -0.2) is 57.7 Å². The molecule has 0 aliphatic heterocycles. The van der Waals surface area contributed by atoms with Gasteiger partial charge in [0.05, 0.1) is 6.42 Å². The Morgan fingerprint density at radius 1 is 1.12 bits per heavy atom. The molecule has 0 bridgehead atoms. The van der Waals surface area contributed by atoms with Gasteiger partial charge in [0.15, 0.2) is 11.6 Å². The van der Waals surface area contributed by atoms with Crippen molar-refractivity contribution in [1.82, 2.24) is 15.4 Å². The van der Waals surface area contributed by atoms with Crippen molar-refractivity contribution in [3.05, 3.63) is 12.0 Å². The number of hydrogen-bond acceptors (Lipinski definition) is 7. The molecule has 1 aliphatic carbocycles. The minimum Gasteiger partial charge on any atom is -0.446 e. The lowest BCUT2D eigenvalue weighted by atomic mass is 10.3. The molecule has 0 aromatic rings. The van der Waals surface area contributed by atoms with Crippen molar-refractivity contribution in [3.8, 4) is 0 Å². The zero-order chi connectivity index (χ0) is 18.2. The van der Waals surface area contributed by atoms with Crippen LogP contribution in [0.15, 0.2) is 12.0 Å². The van der Waals surface area contributed by atoms with Gasteiger partial charge in [-0.1, -0.05) is 6.58 Å². The Hall–Kier alpha value is -2.27. The van der Waals surface area contributed by atoms with E-state index in [1.165, 1.54) is 0 Å². The summed E-state index contributed by atoms with van der Waals surface area (Å²) < 4.78 is 29.0. The minimum absolute atomic E-state index is 0.0181. The summed E-state index contributed by atoms with van der Waals surface area (Å²) in [7, 11) is -3.54. The molecule has 0 heterocycles. The first-order valence-electron chi connectivity index (χ1n) is 7.14. The van der Waals surface area contributed by atoms with Crippen LogP contribution in [0.4, 0.5) is 4.79 Å². The molecule has 24 heavy (non-hydrogen) atoms. The van der Waals surface area contributed by atoms with Crippen molar-refractivity contribution in [2.75, 3.05) is 19.6 Å². The monoisotopic (exact) mass is 361 g/mol. The Labute approximate surface area is 139 Å². The summed E-state index contributed by atoms with van der Waals surface area (Å²) in [5.41, 5.74) is 0. The molecule has 0 unspecified atom stereocenters. The number of rotatable bonds is 9. The number of carbonyl (C=O) groups is 4. The van der Waals surface area contributed by atoms with E-state index < -0.39 is 39.7 Å². The molecule has 0 atom stereocenters. The van der Waals surface area contributed by atoms with Gasteiger partial charge in [0, 0.05) is 37.9 Å². The number of Topliss-reactive ketones (excluding diaryl/α,β-unsaturated/α-hetero) is 2. The number of nitrogens with one attached hydrogen (secondary N) is 3. The lowest BCUT2D eigenvalue weighted by molar-refractivity contribution is -0.157. The highest BCUT2D eigenvalue weighted by Crippen LogP contribution is 2.14. The predicted molar refractivity (Wildman–Crippen MR) is 82.3 cm³/mol.